The standard InChI is InChI=1S/C16H24N2/c1-2-18-12-16(14-8-9-14)17-11-15(18)10-13-6-4-3-5-7-13/h3-7,14-17H,2,8-12H2,1H3. The van der Waals surface area contributed by atoms with Crippen LogP contribution in [-0.4, -0.2) is 36.6 Å². The molecule has 2 aliphatic rings. The van der Waals surface area contributed by atoms with Gasteiger partial charge in [-0.25, -0.2) is 0 Å². The molecule has 0 amide bonds. The van der Waals surface area contributed by atoms with Gasteiger partial charge in [0.25, 0.3) is 0 Å². The molecule has 18 heavy (non-hydrogen) atoms. The van der Waals surface area contributed by atoms with Crippen LogP contribution in [0.1, 0.15) is 25.3 Å². The van der Waals surface area contributed by atoms with Crippen molar-refractivity contribution in [1.29, 1.82) is 0 Å². The number of hydrogen-bond donors (Lipinski definition) is 1. The monoisotopic (exact) mass is 244 g/mol. The largest absolute Gasteiger partial charge is 0.311 e. The van der Waals surface area contributed by atoms with Crippen molar-refractivity contribution in [2.45, 2.75) is 38.3 Å². The van der Waals surface area contributed by atoms with E-state index in [2.05, 4.69) is 47.5 Å². The molecule has 2 fully saturated rings. The molecule has 3 rings (SSSR count). The molecule has 1 aliphatic heterocycles. The van der Waals surface area contributed by atoms with Gasteiger partial charge in [-0.2, -0.15) is 0 Å². The third kappa shape index (κ3) is 2.76. The lowest BCUT2D eigenvalue weighted by Crippen LogP contribution is -2.57. The number of nitrogens with one attached hydrogen (secondary N) is 1. The molecule has 1 aromatic carbocycles. The summed E-state index contributed by atoms with van der Waals surface area (Å²) < 4.78 is 0. The van der Waals surface area contributed by atoms with Crippen molar-refractivity contribution in [2.75, 3.05) is 19.6 Å². The molecule has 1 saturated carbocycles. The third-order valence-corrected chi connectivity index (χ3v) is 4.47. The molecule has 0 bridgehead atoms. The van der Waals surface area contributed by atoms with Gasteiger partial charge in [0.2, 0.25) is 0 Å². The molecule has 98 valence electrons. The van der Waals surface area contributed by atoms with Crippen LogP contribution in [0.2, 0.25) is 0 Å². The van der Waals surface area contributed by atoms with E-state index in [9.17, 15) is 0 Å². The lowest BCUT2D eigenvalue weighted by Gasteiger charge is -2.40. The van der Waals surface area contributed by atoms with Crippen molar-refractivity contribution in [3.05, 3.63) is 35.9 Å². The second-order valence-electron chi connectivity index (χ2n) is 5.78. The first-order valence-corrected chi connectivity index (χ1v) is 7.38. The summed E-state index contributed by atoms with van der Waals surface area (Å²) in [5.41, 5.74) is 1.47. The molecule has 1 saturated heterocycles. The van der Waals surface area contributed by atoms with Crippen LogP contribution in [0.4, 0.5) is 0 Å². The van der Waals surface area contributed by atoms with E-state index in [0.29, 0.717) is 6.04 Å². The van der Waals surface area contributed by atoms with Crippen molar-refractivity contribution in [3.8, 4) is 0 Å². The van der Waals surface area contributed by atoms with Gasteiger partial charge in [0, 0.05) is 25.2 Å². The van der Waals surface area contributed by atoms with Gasteiger partial charge in [-0.3, -0.25) is 4.90 Å². The highest BCUT2D eigenvalue weighted by atomic mass is 15.2. The lowest BCUT2D eigenvalue weighted by atomic mass is 9.99. The maximum Gasteiger partial charge on any atom is 0.0261 e. The number of likely N-dealkylation sites (N-methyl/N-ethyl adjacent to an activating group) is 1. The Morgan fingerprint density at radius 2 is 2.00 bits per heavy atom. The molecule has 2 unspecified atom stereocenters. The normalized spacial score (nSPS) is 29.4. The van der Waals surface area contributed by atoms with Crippen LogP contribution in [0, 0.1) is 5.92 Å². The summed E-state index contributed by atoms with van der Waals surface area (Å²) in [5, 5.41) is 3.77. The highest BCUT2D eigenvalue weighted by molar-refractivity contribution is 5.16. The van der Waals surface area contributed by atoms with Crippen LogP contribution >= 0.6 is 0 Å². The van der Waals surface area contributed by atoms with Crippen LogP contribution in [0.5, 0.6) is 0 Å². The lowest BCUT2D eigenvalue weighted by molar-refractivity contribution is 0.128. The summed E-state index contributed by atoms with van der Waals surface area (Å²) in [6.45, 7) is 5.89. The Morgan fingerprint density at radius 1 is 1.22 bits per heavy atom. The first-order chi connectivity index (χ1) is 8.86. The van der Waals surface area contributed by atoms with Crippen LogP contribution in [0.15, 0.2) is 30.3 Å². The molecule has 0 radical (unpaired) electrons. The van der Waals surface area contributed by atoms with Crippen LogP contribution in [0.25, 0.3) is 0 Å². The average molecular weight is 244 g/mol. The molecule has 1 aromatic rings. The summed E-state index contributed by atoms with van der Waals surface area (Å²) in [4.78, 5) is 2.67. The fourth-order valence-corrected chi connectivity index (χ4v) is 3.17. The van der Waals surface area contributed by atoms with Crippen molar-refractivity contribution >= 4 is 0 Å². The zero-order valence-corrected chi connectivity index (χ0v) is 11.3. The number of piperazine rings is 1. The van der Waals surface area contributed by atoms with Crippen molar-refractivity contribution in [3.63, 3.8) is 0 Å². The van der Waals surface area contributed by atoms with Crippen molar-refractivity contribution < 1.29 is 0 Å². The Morgan fingerprint density at radius 3 is 2.67 bits per heavy atom. The number of benzene rings is 1. The fraction of sp³-hybridized carbons (Fsp3) is 0.625. The predicted octanol–water partition coefficient (Wildman–Crippen LogP) is 2.30. The van der Waals surface area contributed by atoms with E-state index in [0.717, 1.165) is 18.5 Å². The molecule has 2 nitrogen and oxygen atoms in total. The van der Waals surface area contributed by atoms with E-state index in [1.54, 1.807) is 0 Å². The number of hydrogen-bond acceptors (Lipinski definition) is 2. The van der Waals surface area contributed by atoms with E-state index < -0.39 is 0 Å². The van der Waals surface area contributed by atoms with Gasteiger partial charge in [-0.05, 0) is 37.3 Å². The summed E-state index contributed by atoms with van der Waals surface area (Å²) >= 11 is 0. The molecule has 0 aromatic heterocycles. The number of rotatable bonds is 4. The van der Waals surface area contributed by atoms with E-state index in [-0.39, 0.29) is 0 Å². The summed E-state index contributed by atoms with van der Waals surface area (Å²) in [6.07, 6.45) is 4.07. The van der Waals surface area contributed by atoms with Gasteiger partial charge in [0.05, 0.1) is 0 Å². The topological polar surface area (TPSA) is 15.3 Å². The Hall–Kier alpha value is -0.860. The first kappa shape index (κ1) is 12.2. The molecule has 1 aliphatic carbocycles. The van der Waals surface area contributed by atoms with Gasteiger partial charge >= 0.3 is 0 Å². The van der Waals surface area contributed by atoms with Gasteiger partial charge < -0.3 is 5.32 Å². The number of nitrogens with zero attached hydrogens (tertiary/aromatic N) is 1. The zero-order valence-electron chi connectivity index (χ0n) is 11.3. The quantitative estimate of drug-likeness (QED) is 0.874. The van der Waals surface area contributed by atoms with E-state index in [4.69, 9.17) is 0 Å². The molecule has 0 spiro atoms. The molecule has 2 heteroatoms. The van der Waals surface area contributed by atoms with Gasteiger partial charge in [0.15, 0.2) is 0 Å². The molecule has 1 N–H and O–H groups in total. The Kier molecular flexibility index (Phi) is 3.67. The highest BCUT2D eigenvalue weighted by Gasteiger charge is 2.36. The summed E-state index contributed by atoms with van der Waals surface area (Å²) in [5.74, 6) is 0.969. The smallest absolute Gasteiger partial charge is 0.0261 e. The average Bonchev–Trinajstić information content (AvgIpc) is 3.25. The second-order valence-corrected chi connectivity index (χ2v) is 5.78. The Bertz CT molecular complexity index is 372. The van der Waals surface area contributed by atoms with E-state index >= 15 is 0 Å². The Balaban J connectivity index is 1.61. The fourth-order valence-electron chi connectivity index (χ4n) is 3.17. The maximum absolute atomic E-state index is 3.77. The van der Waals surface area contributed by atoms with Gasteiger partial charge in [0.1, 0.15) is 0 Å². The first-order valence-electron chi connectivity index (χ1n) is 7.38. The van der Waals surface area contributed by atoms with E-state index in [1.165, 1.54) is 37.9 Å². The minimum atomic E-state index is 0.674. The predicted molar refractivity (Wildman–Crippen MR) is 75.7 cm³/mol. The van der Waals surface area contributed by atoms with Gasteiger partial charge in [-0.15, -0.1) is 0 Å². The highest BCUT2D eigenvalue weighted by Crippen LogP contribution is 2.34. The third-order valence-electron chi connectivity index (χ3n) is 4.47. The minimum absolute atomic E-state index is 0.674. The summed E-state index contributed by atoms with van der Waals surface area (Å²) in [6, 6.07) is 12.3. The molecular formula is C16H24N2. The molecule has 1 heterocycles. The van der Waals surface area contributed by atoms with Crippen molar-refractivity contribution in [2.24, 2.45) is 5.92 Å². The molecule has 2 atom stereocenters. The van der Waals surface area contributed by atoms with E-state index in [1.807, 2.05) is 0 Å². The Labute approximate surface area is 110 Å². The second kappa shape index (κ2) is 5.41. The SMILES string of the molecule is CCN1CC(C2CC2)NCC1Cc1ccccc1. The maximum atomic E-state index is 3.77. The molecular weight excluding hydrogens is 220 g/mol. The van der Waals surface area contributed by atoms with Gasteiger partial charge in [-0.1, -0.05) is 37.3 Å². The van der Waals surface area contributed by atoms with Crippen LogP contribution in [-0.2, 0) is 6.42 Å². The van der Waals surface area contributed by atoms with Crippen molar-refractivity contribution in [1.82, 2.24) is 10.2 Å². The van der Waals surface area contributed by atoms with Crippen LogP contribution in [0.3, 0.4) is 0 Å². The zero-order chi connectivity index (χ0) is 12.4. The summed E-state index contributed by atoms with van der Waals surface area (Å²) in [7, 11) is 0. The minimum Gasteiger partial charge on any atom is -0.311 e. The van der Waals surface area contributed by atoms with Crippen LogP contribution < -0.4 is 5.32 Å².